The Hall–Kier alpha value is -1.95. The molecule has 1 heterocycles. The fraction of sp³-hybridized carbons (Fsp3) is 0.111. The summed E-state index contributed by atoms with van der Waals surface area (Å²) >= 11 is 5.77. The molecule has 0 atom stereocenters. The lowest BCUT2D eigenvalue weighted by atomic mass is 10.2. The maximum Gasteiger partial charge on any atom is 0.203 e. The van der Waals surface area contributed by atoms with Crippen LogP contribution in [0.15, 0.2) is 29.4 Å². The molecular formula is C9H8ClN5O. The second-order valence-electron chi connectivity index (χ2n) is 3.07. The summed E-state index contributed by atoms with van der Waals surface area (Å²) in [5.41, 5.74) is 0.669. The first kappa shape index (κ1) is 10.6. The van der Waals surface area contributed by atoms with E-state index in [9.17, 15) is 0 Å². The molecule has 0 spiro atoms. The highest BCUT2D eigenvalue weighted by Gasteiger charge is 2.11. The normalized spacial score (nSPS) is 11.8. The molecule has 0 bridgehead atoms. The van der Waals surface area contributed by atoms with Gasteiger partial charge in [-0.1, -0.05) is 16.8 Å². The molecule has 0 unspecified atom stereocenters. The lowest BCUT2D eigenvalue weighted by Gasteiger charge is -2.04. The smallest absolute Gasteiger partial charge is 0.203 e. The van der Waals surface area contributed by atoms with Crippen LogP contribution < -0.4 is 0 Å². The highest BCUT2D eigenvalue weighted by molar-refractivity contribution is 6.30. The second kappa shape index (κ2) is 4.28. The van der Waals surface area contributed by atoms with Gasteiger partial charge in [0.1, 0.15) is 0 Å². The van der Waals surface area contributed by atoms with Gasteiger partial charge >= 0.3 is 0 Å². The maximum atomic E-state index is 8.98. The monoisotopic (exact) mass is 237 g/mol. The molecule has 0 saturated carbocycles. The number of aryl methyl sites for hydroxylation is 1. The van der Waals surface area contributed by atoms with E-state index in [1.165, 1.54) is 4.68 Å². The van der Waals surface area contributed by atoms with Crippen molar-refractivity contribution < 1.29 is 5.21 Å². The lowest BCUT2D eigenvalue weighted by molar-refractivity contribution is 0.316. The molecule has 0 aliphatic rings. The summed E-state index contributed by atoms with van der Waals surface area (Å²) in [5.74, 6) is 0.780. The third-order valence-corrected chi connectivity index (χ3v) is 2.28. The van der Waals surface area contributed by atoms with Crippen molar-refractivity contribution in [3.63, 3.8) is 0 Å². The number of hydrogen-bond acceptors (Lipinski definition) is 5. The summed E-state index contributed by atoms with van der Waals surface area (Å²) in [7, 11) is 0. The highest BCUT2D eigenvalue weighted by Crippen LogP contribution is 2.11. The topological polar surface area (TPSA) is 76.2 Å². The fourth-order valence-corrected chi connectivity index (χ4v) is 1.37. The van der Waals surface area contributed by atoms with Crippen molar-refractivity contribution in [1.82, 2.24) is 20.2 Å². The molecule has 82 valence electrons. The number of halogens is 1. The molecule has 1 aromatic carbocycles. The SMILES string of the molecule is Cc1nnnn1C(=NO)c1ccc(Cl)cc1. The third kappa shape index (κ3) is 1.87. The van der Waals surface area contributed by atoms with Crippen LogP contribution in [0.5, 0.6) is 0 Å². The van der Waals surface area contributed by atoms with Crippen LogP contribution in [0.3, 0.4) is 0 Å². The second-order valence-corrected chi connectivity index (χ2v) is 3.50. The number of aromatic nitrogens is 4. The van der Waals surface area contributed by atoms with Crippen LogP contribution in [0.1, 0.15) is 11.4 Å². The van der Waals surface area contributed by atoms with E-state index in [1.54, 1.807) is 31.2 Å². The molecule has 16 heavy (non-hydrogen) atoms. The van der Waals surface area contributed by atoms with E-state index in [0.29, 0.717) is 16.4 Å². The third-order valence-electron chi connectivity index (χ3n) is 2.02. The average Bonchev–Trinajstić information content (AvgIpc) is 2.69. The van der Waals surface area contributed by atoms with E-state index in [0.717, 1.165) is 0 Å². The van der Waals surface area contributed by atoms with Gasteiger partial charge in [0.05, 0.1) is 0 Å². The quantitative estimate of drug-likeness (QED) is 0.351. The minimum absolute atomic E-state index is 0.249. The number of nitrogens with zero attached hydrogens (tertiary/aromatic N) is 5. The molecule has 1 aromatic heterocycles. The van der Waals surface area contributed by atoms with Gasteiger partial charge in [0.15, 0.2) is 5.82 Å². The van der Waals surface area contributed by atoms with Crippen LogP contribution in [-0.2, 0) is 0 Å². The number of hydrogen-bond donors (Lipinski definition) is 1. The molecule has 2 aromatic rings. The standard InChI is InChI=1S/C9H8ClN5O/c1-6-11-13-14-15(6)9(12-16)7-2-4-8(10)5-3-7/h2-5,16H,1H3. The summed E-state index contributed by atoms with van der Waals surface area (Å²) in [6, 6.07) is 6.83. The maximum absolute atomic E-state index is 8.98. The van der Waals surface area contributed by atoms with Crippen LogP contribution in [0.4, 0.5) is 0 Å². The van der Waals surface area contributed by atoms with Crippen LogP contribution in [-0.4, -0.2) is 31.3 Å². The average molecular weight is 238 g/mol. The first-order chi connectivity index (χ1) is 7.72. The van der Waals surface area contributed by atoms with Gasteiger partial charge in [0.25, 0.3) is 0 Å². The molecule has 2 rings (SSSR count). The molecule has 0 aliphatic heterocycles. The fourth-order valence-electron chi connectivity index (χ4n) is 1.25. The van der Waals surface area contributed by atoms with Crippen molar-refractivity contribution in [1.29, 1.82) is 0 Å². The Morgan fingerprint density at radius 1 is 1.38 bits per heavy atom. The van der Waals surface area contributed by atoms with Gasteiger partial charge in [-0.2, -0.15) is 4.68 Å². The Balaban J connectivity index is 2.46. The highest BCUT2D eigenvalue weighted by atomic mass is 35.5. The predicted octanol–water partition coefficient (Wildman–Crippen LogP) is 1.32. The summed E-state index contributed by atoms with van der Waals surface area (Å²) in [5, 5.41) is 23.7. The molecule has 7 heteroatoms. The Morgan fingerprint density at radius 2 is 2.06 bits per heavy atom. The van der Waals surface area contributed by atoms with Crippen molar-refractivity contribution in [3.8, 4) is 0 Å². The van der Waals surface area contributed by atoms with Crippen molar-refractivity contribution in [2.75, 3.05) is 0 Å². The van der Waals surface area contributed by atoms with E-state index < -0.39 is 0 Å². The van der Waals surface area contributed by atoms with Crippen molar-refractivity contribution in [2.45, 2.75) is 6.92 Å². The summed E-state index contributed by atoms with van der Waals surface area (Å²) in [4.78, 5) is 0. The van der Waals surface area contributed by atoms with Gasteiger partial charge < -0.3 is 5.21 Å². The zero-order valence-corrected chi connectivity index (χ0v) is 9.13. The largest absolute Gasteiger partial charge is 0.409 e. The van der Waals surface area contributed by atoms with E-state index in [4.69, 9.17) is 16.8 Å². The van der Waals surface area contributed by atoms with E-state index in [-0.39, 0.29) is 5.84 Å². The lowest BCUT2D eigenvalue weighted by Crippen LogP contribution is -2.16. The van der Waals surface area contributed by atoms with Crippen LogP contribution >= 0.6 is 11.6 Å². The van der Waals surface area contributed by atoms with Gasteiger partial charge in [0.2, 0.25) is 5.84 Å². The number of tetrazole rings is 1. The van der Waals surface area contributed by atoms with Gasteiger partial charge in [0, 0.05) is 10.6 Å². The predicted molar refractivity (Wildman–Crippen MR) is 57.7 cm³/mol. The van der Waals surface area contributed by atoms with Gasteiger partial charge in [-0.15, -0.1) is 5.10 Å². The minimum atomic E-state index is 0.249. The van der Waals surface area contributed by atoms with Crippen molar-refractivity contribution in [3.05, 3.63) is 40.7 Å². The van der Waals surface area contributed by atoms with Crippen LogP contribution in [0.25, 0.3) is 0 Å². The van der Waals surface area contributed by atoms with Crippen molar-refractivity contribution >= 4 is 17.4 Å². The first-order valence-electron chi connectivity index (χ1n) is 4.45. The summed E-state index contributed by atoms with van der Waals surface area (Å²) in [6.07, 6.45) is 0. The zero-order valence-electron chi connectivity index (χ0n) is 8.37. The molecule has 1 N–H and O–H groups in total. The van der Waals surface area contributed by atoms with E-state index in [2.05, 4.69) is 20.7 Å². The molecule has 0 radical (unpaired) electrons. The minimum Gasteiger partial charge on any atom is -0.409 e. The molecule has 0 amide bonds. The zero-order chi connectivity index (χ0) is 11.5. The molecule has 0 fully saturated rings. The first-order valence-corrected chi connectivity index (χ1v) is 4.83. The summed E-state index contributed by atoms with van der Waals surface area (Å²) in [6.45, 7) is 1.71. The molecule has 0 aliphatic carbocycles. The summed E-state index contributed by atoms with van der Waals surface area (Å²) < 4.78 is 1.34. The van der Waals surface area contributed by atoms with Gasteiger partial charge in [-0.3, -0.25) is 0 Å². The van der Waals surface area contributed by atoms with E-state index >= 15 is 0 Å². The van der Waals surface area contributed by atoms with Crippen LogP contribution in [0.2, 0.25) is 5.02 Å². The molecule has 0 saturated heterocycles. The molecular weight excluding hydrogens is 230 g/mol. The molecule has 6 nitrogen and oxygen atoms in total. The van der Waals surface area contributed by atoms with Crippen LogP contribution in [0, 0.1) is 6.92 Å². The Bertz CT molecular complexity index is 519. The van der Waals surface area contributed by atoms with Crippen molar-refractivity contribution in [2.24, 2.45) is 5.16 Å². The van der Waals surface area contributed by atoms with Gasteiger partial charge in [-0.05, 0) is 41.6 Å². The Kier molecular flexibility index (Phi) is 2.82. The Labute approximate surface area is 96.1 Å². The van der Waals surface area contributed by atoms with Gasteiger partial charge in [-0.25, -0.2) is 0 Å². The Morgan fingerprint density at radius 3 is 2.56 bits per heavy atom. The van der Waals surface area contributed by atoms with E-state index in [1.807, 2.05) is 0 Å². The number of benzene rings is 1. The number of rotatable bonds is 1. The number of oxime groups is 1.